The normalized spacial score (nSPS) is 18.8. The number of fused-ring (bicyclic) bond motifs is 2. The van der Waals surface area contributed by atoms with Gasteiger partial charge in [0.15, 0.2) is 6.61 Å². The van der Waals surface area contributed by atoms with Crippen LogP contribution in [0.1, 0.15) is 39.9 Å². The maximum atomic E-state index is 12.7. The fourth-order valence-corrected chi connectivity index (χ4v) is 5.71. The molecule has 1 aromatic heterocycles. The summed E-state index contributed by atoms with van der Waals surface area (Å²) in [6, 6.07) is 9.86. The summed E-state index contributed by atoms with van der Waals surface area (Å²) in [7, 11) is 0. The number of para-hydroxylation sites is 1. The molecule has 2 aromatic rings. The van der Waals surface area contributed by atoms with Crippen molar-refractivity contribution in [3.8, 4) is 0 Å². The Morgan fingerprint density at radius 3 is 2.96 bits per heavy atom. The average Bonchev–Trinajstić information content (AvgIpc) is 3.18. The third-order valence-electron chi connectivity index (χ3n) is 4.82. The number of aryl methyl sites for hydroxylation is 2. The molecule has 1 unspecified atom stereocenters. The molecule has 4 rings (SSSR count). The number of anilines is 1. The van der Waals surface area contributed by atoms with Gasteiger partial charge < -0.3 is 9.64 Å². The number of rotatable bonds is 3. The van der Waals surface area contributed by atoms with Crippen molar-refractivity contribution in [1.82, 2.24) is 0 Å². The van der Waals surface area contributed by atoms with E-state index < -0.39 is 0 Å². The van der Waals surface area contributed by atoms with Gasteiger partial charge in [-0.05, 0) is 49.4 Å². The molecule has 0 radical (unpaired) electrons. The number of nitrogens with zero attached hydrogens (tertiary/aromatic N) is 1. The molecule has 136 valence electrons. The molecule has 1 amide bonds. The highest BCUT2D eigenvalue weighted by atomic mass is 32.2. The van der Waals surface area contributed by atoms with Crippen molar-refractivity contribution in [3.63, 3.8) is 0 Å². The van der Waals surface area contributed by atoms with E-state index in [2.05, 4.69) is 6.92 Å². The molecule has 0 spiro atoms. The molecule has 1 atom stereocenters. The molecular formula is C20H21NO3S2. The number of esters is 1. The van der Waals surface area contributed by atoms with E-state index in [1.807, 2.05) is 30.3 Å². The summed E-state index contributed by atoms with van der Waals surface area (Å²) in [5.41, 5.74) is 2.18. The molecular weight excluding hydrogens is 366 g/mol. The molecule has 2 aliphatic rings. The topological polar surface area (TPSA) is 46.6 Å². The van der Waals surface area contributed by atoms with E-state index in [1.165, 1.54) is 28.2 Å². The van der Waals surface area contributed by atoms with Crippen molar-refractivity contribution >= 4 is 40.7 Å². The first-order chi connectivity index (χ1) is 12.6. The number of hydrogen-bond donors (Lipinski definition) is 0. The number of amides is 1. The number of carbonyl (C=O) groups is 2. The highest BCUT2D eigenvalue weighted by Gasteiger charge is 2.26. The first kappa shape index (κ1) is 17.6. The van der Waals surface area contributed by atoms with Crippen LogP contribution in [0, 0.1) is 0 Å². The zero-order valence-electron chi connectivity index (χ0n) is 14.7. The van der Waals surface area contributed by atoms with E-state index >= 15 is 0 Å². The summed E-state index contributed by atoms with van der Waals surface area (Å²) < 4.78 is 5.34. The molecule has 4 nitrogen and oxygen atoms in total. The number of hydrogen-bond acceptors (Lipinski definition) is 5. The van der Waals surface area contributed by atoms with Crippen LogP contribution in [0.15, 0.2) is 35.2 Å². The second kappa shape index (κ2) is 7.45. The largest absolute Gasteiger partial charge is 0.451 e. The van der Waals surface area contributed by atoms with E-state index in [0.29, 0.717) is 16.7 Å². The number of thiophene rings is 1. The minimum atomic E-state index is -0.386. The monoisotopic (exact) mass is 387 g/mol. The van der Waals surface area contributed by atoms with Gasteiger partial charge in [0, 0.05) is 21.6 Å². The van der Waals surface area contributed by atoms with Gasteiger partial charge in [-0.1, -0.05) is 19.1 Å². The van der Waals surface area contributed by atoms with Crippen LogP contribution in [-0.2, 0) is 22.4 Å². The first-order valence-corrected chi connectivity index (χ1v) is 10.7. The summed E-state index contributed by atoms with van der Waals surface area (Å²) in [4.78, 5) is 29.8. The fourth-order valence-electron chi connectivity index (χ4n) is 3.45. The van der Waals surface area contributed by atoms with Crippen LogP contribution in [0.2, 0.25) is 0 Å². The highest BCUT2D eigenvalue weighted by molar-refractivity contribution is 8.00. The number of benzene rings is 1. The van der Waals surface area contributed by atoms with Gasteiger partial charge in [0.2, 0.25) is 0 Å². The lowest BCUT2D eigenvalue weighted by molar-refractivity contribution is -0.121. The Morgan fingerprint density at radius 1 is 1.27 bits per heavy atom. The molecule has 1 aliphatic heterocycles. The van der Waals surface area contributed by atoms with Crippen LogP contribution in [0.5, 0.6) is 0 Å². The van der Waals surface area contributed by atoms with Crippen LogP contribution in [0.3, 0.4) is 0 Å². The third kappa shape index (κ3) is 3.53. The predicted molar refractivity (Wildman–Crippen MR) is 105 cm³/mol. The maximum Gasteiger partial charge on any atom is 0.348 e. The molecule has 0 N–H and O–H groups in total. The fraction of sp³-hybridized carbons (Fsp3) is 0.400. The van der Waals surface area contributed by atoms with Crippen molar-refractivity contribution < 1.29 is 14.3 Å². The van der Waals surface area contributed by atoms with E-state index in [4.69, 9.17) is 4.74 Å². The zero-order valence-corrected chi connectivity index (χ0v) is 16.3. The second-order valence-corrected chi connectivity index (χ2v) is 9.34. The van der Waals surface area contributed by atoms with Crippen LogP contribution in [0.25, 0.3) is 0 Å². The molecule has 2 heterocycles. The van der Waals surface area contributed by atoms with E-state index in [-0.39, 0.29) is 18.5 Å². The molecule has 0 fully saturated rings. The molecule has 0 bridgehead atoms. The SMILES string of the molecule is CC1CCN(C(=O)COC(=O)c2cc3c(s2)CCC3)c2ccccc2S1. The van der Waals surface area contributed by atoms with E-state index in [0.717, 1.165) is 29.8 Å². The first-order valence-electron chi connectivity index (χ1n) is 8.96. The van der Waals surface area contributed by atoms with Gasteiger partial charge in [0.25, 0.3) is 5.91 Å². The van der Waals surface area contributed by atoms with Crippen molar-refractivity contribution in [2.75, 3.05) is 18.1 Å². The van der Waals surface area contributed by atoms with Gasteiger partial charge in [0.1, 0.15) is 4.88 Å². The van der Waals surface area contributed by atoms with Crippen molar-refractivity contribution in [1.29, 1.82) is 0 Å². The van der Waals surface area contributed by atoms with E-state index in [1.54, 1.807) is 16.7 Å². The summed E-state index contributed by atoms with van der Waals surface area (Å²) in [5.74, 6) is -0.548. The minimum Gasteiger partial charge on any atom is -0.451 e. The molecule has 1 aliphatic carbocycles. The Hall–Kier alpha value is -1.79. The molecule has 0 saturated carbocycles. The van der Waals surface area contributed by atoms with Crippen LogP contribution < -0.4 is 4.90 Å². The zero-order chi connectivity index (χ0) is 18.1. The third-order valence-corrected chi connectivity index (χ3v) is 7.27. The Balaban J connectivity index is 1.43. The average molecular weight is 388 g/mol. The van der Waals surface area contributed by atoms with Gasteiger partial charge in [-0.3, -0.25) is 4.79 Å². The summed E-state index contributed by atoms with van der Waals surface area (Å²) >= 11 is 3.30. The van der Waals surface area contributed by atoms with Gasteiger partial charge in [-0.15, -0.1) is 23.1 Å². The lowest BCUT2D eigenvalue weighted by Crippen LogP contribution is -2.35. The number of thioether (sulfide) groups is 1. The highest BCUT2D eigenvalue weighted by Crippen LogP contribution is 2.37. The smallest absolute Gasteiger partial charge is 0.348 e. The Kier molecular flexibility index (Phi) is 5.05. The molecule has 26 heavy (non-hydrogen) atoms. The van der Waals surface area contributed by atoms with Gasteiger partial charge in [-0.25, -0.2) is 4.79 Å². The quantitative estimate of drug-likeness (QED) is 0.736. The number of carbonyl (C=O) groups excluding carboxylic acids is 2. The van der Waals surface area contributed by atoms with Crippen LogP contribution in [-0.4, -0.2) is 30.3 Å². The van der Waals surface area contributed by atoms with E-state index in [9.17, 15) is 9.59 Å². The van der Waals surface area contributed by atoms with Crippen molar-refractivity contribution in [2.45, 2.75) is 42.8 Å². The van der Waals surface area contributed by atoms with Crippen LogP contribution >= 0.6 is 23.1 Å². The molecule has 1 aromatic carbocycles. The number of ether oxygens (including phenoxy) is 1. The van der Waals surface area contributed by atoms with Crippen LogP contribution in [0.4, 0.5) is 5.69 Å². The van der Waals surface area contributed by atoms with Crippen molar-refractivity contribution in [3.05, 3.63) is 45.6 Å². The van der Waals surface area contributed by atoms with Crippen molar-refractivity contribution in [2.24, 2.45) is 0 Å². The van der Waals surface area contributed by atoms with Gasteiger partial charge in [0.05, 0.1) is 5.69 Å². The second-order valence-electron chi connectivity index (χ2n) is 6.72. The lowest BCUT2D eigenvalue weighted by Gasteiger charge is -2.22. The summed E-state index contributed by atoms with van der Waals surface area (Å²) in [5, 5.41) is 0.449. The van der Waals surface area contributed by atoms with Gasteiger partial charge in [-0.2, -0.15) is 0 Å². The van der Waals surface area contributed by atoms with Gasteiger partial charge >= 0.3 is 5.97 Å². The molecule has 0 saturated heterocycles. The standard InChI is InChI=1S/C20H21NO3S2/c1-13-9-10-21(15-6-2-3-7-17(15)25-13)19(22)12-24-20(23)18-11-14-5-4-8-16(14)26-18/h2-3,6-7,11,13H,4-5,8-10,12H2,1H3. The predicted octanol–water partition coefficient (Wildman–Crippen LogP) is 4.31. The Morgan fingerprint density at radius 2 is 2.12 bits per heavy atom. The Labute approximate surface area is 161 Å². The maximum absolute atomic E-state index is 12.7. The lowest BCUT2D eigenvalue weighted by atomic mass is 10.2. The Bertz CT molecular complexity index is 824. The summed E-state index contributed by atoms with van der Waals surface area (Å²) in [6.45, 7) is 2.61. The molecule has 6 heteroatoms. The minimum absolute atomic E-state index is 0.162. The summed E-state index contributed by atoms with van der Waals surface area (Å²) in [6.07, 6.45) is 4.17.